The van der Waals surface area contributed by atoms with E-state index in [1.807, 2.05) is 55.9 Å². The van der Waals surface area contributed by atoms with Gasteiger partial charge in [0.05, 0.1) is 16.8 Å². The van der Waals surface area contributed by atoms with Crippen LogP contribution in [-0.4, -0.2) is 52.9 Å². The van der Waals surface area contributed by atoms with Crippen molar-refractivity contribution in [2.45, 2.75) is 53.6 Å². The van der Waals surface area contributed by atoms with Gasteiger partial charge >= 0.3 is 0 Å². The number of pyridine rings is 2. The van der Waals surface area contributed by atoms with Crippen LogP contribution in [0.3, 0.4) is 0 Å². The highest BCUT2D eigenvalue weighted by molar-refractivity contribution is 7.17. The number of hydrogen-bond donors (Lipinski definition) is 0. The highest BCUT2D eigenvalue weighted by atomic mass is 32.1. The van der Waals surface area contributed by atoms with Gasteiger partial charge in [0.1, 0.15) is 5.41 Å². The average molecular weight is 586 g/mol. The molecule has 4 heterocycles. The molecule has 220 valence electrons. The smallest absolute Gasteiger partial charge is 0.259 e. The Hall–Kier alpha value is -3.82. The maximum absolute atomic E-state index is 13.2. The number of amides is 2. The molecular formula is C33H39N5O3S. The van der Waals surface area contributed by atoms with E-state index in [4.69, 9.17) is 0 Å². The van der Waals surface area contributed by atoms with Crippen LogP contribution in [0.15, 0.2) is 65.0 Å². The van der Waals surface area contributed by atoms with Gasteiger partial charge in [-0.2, -0.15) is 0 Å². The van der Waals surface area contributed by atoms with E-state index in [1.165, 1.54) is 5.56 Å². The lowest BCUT2D eigenvalue weighted by atomic mass is 9.90. The van der Waals surface area contributed by atoms with Gasteiger partial charge in [0.25, 0.3) is 5.56 Å². The van der Waals surface area contributed by atoms with Crippen molar-refractivity contribution < 1.29 is 9.59 Å². The fourth-order valence-corrected chi connectivity index (χ4v) is 6.51. The quantitative estimate of drug-likeness (QED) is 0.238. The third-order valence-corrected chi connectivity index (χ3v) is 9.21. The second-order valence-corrected chi connectivity index (χ2v) is 12.4. The van der Waals surface area contributed by atoms with Gasteiger partial charge in [-0.05, 0) is 93.9 Å². The Morgan fingerprint density at radius 2 is 1.81 bits per heavy atom. The highest BCUT2D eigenvalue weighted by Crippen LogP contribution is 2.38. The molecular weight excluding hydrogens is 546 g/mol. The van der Waals surface area contributed by atoms with E-state index >= 15 is 0 Å². The molecule has 42 heavy (non-hydrogen) atoms. The van der Waals surface area contributed by atoms with E-state index in [0.29, 0.717) is 13.1 Å². The minimum atomic E-state index is -1.12. The standard InChI is InChI=1S/C33H39N5O3S/c1-6-38-27-12-11-24(21-28(27)35(5)31(40)33(3,4)32(38)41)9-8-16-36(22-25-10-7-15-34-23(25)2)18-19-37-17-13-29-26(30(37)39)14-20-42-29/h7,10-15,17,20-21H,6,8-9,16,18-19,22H2,1-5H3. The third-order valence-electron chi connectivity index (χ3n) is 8.33. The highest BCUT2D eigenvalue weighted by Gasteiger charge is 2.45. The first-order chi connectivity index (χ1) is 20.1. The monoisotopic (exact) mass is 585 g/mol. The second kappa shape index (κ2) is 12.2. The molecule has 0 spiro atoms. The normalized spacial score (nSPS) is 15.0. The Morgan fingerprint density at radius 1 is 1.00 bits per heavy atom. The van der Waals surface area contributed by atoms with Crippen molar-refractivity contribution in [3.05, 3.63) is 87.4 Å². The minimum absolute atomic E-state index is 0.0534. The number of anilines is 2. The predicted octanol–water partition coefficient (Wildman–Crippen LogP) is 5.26. The summed E-state index contributed by atoms with van der Waals surface area (Å²) in [6.45, 7) is 10.8. The fraction of sp³-hybridized carbons (Fsp3) is 0.394. The number of benzene rings is 1. The van der Waals surface area contributed by atoms with Crippen LogP contribution in [0, 0.1) is 12.3 Å². The molecule has 5 rings (SSSR count). The summed E-state index contributed by atoms with van der Waals surface area (Å²) in [4.78, 5) is 49.6. The van der Waals surface area contributed by atoms with Gasteiger partial charge in [-0.1, -0.05) is 12.1 Å². The molecule has 0 unspecified atom stereocenters. The summed E-state index contributed by atoms with van der Waals surface area (Å²) in [6, 6.07) is 14.1. The Balaban J connectivity index is 1.32. The topological polar surface area (TPSA) is 78.8 Å². The molecule has 2 amide bonds. The van der Waals surface area contributed by atoms with Crippen molar-refractivity contribution in [3.63, 3.8) is 0 Å². The molecule has 0 aliphatic carbocycles. The van der Waals surface area contributed by atoms with Crippen LogP contribution in [0.25, 0.3) is 10.1 Å². The Bertz CT molecular complexity index is 1670. The van der Waals surface area contributed by atoms with E-state index in [-0.39, 0.29) is 17.4 Å². The number of aromatic nitrogens is 2. The van der Waals surface area contributed by atoms with E-state index in [1.54, 1.807) is 46.6 Å². The van der Waals surface area contributed by atoms with Gasteiger partial charge in [0.2, 0.25) is 11.8 Å². The summed E-state index contributed by atoms with van der Waals surface area (Å²) in [5.41, 5.74) is 3.78. The van der Waals surface area contributed by atoms with E-state index in [0.717, 1.165) is 65.2 Å². The molecule has 0 radical (unpaired) electrons. The molecule has 0 saturated carbocycles. The first-order valence-corrected chi connectivity index (χ1v) is 15.4. The summed E-state index contributed by atoms with van der Waals surface area (Å²) in [5, 5.41) is 2.73. The van der Waals surface area contributed by atoms with Crippen molar-refractivity contribution in [3.8, 4) is 0 Å². The van der Waals surface area contributed by atoms with Crippen molar-refractivity contribution in [2.75, 3.05) is 36.5 Å². The third kappa shape index (κ3) is 5.76. The molecule has 1 aliphatic rings. The molecule has 0 saturated heterocycles. The molecule has 8 nitrogen and oxygen atoms in total. The summed E-state index contributed by atoms with van der Waals surface area (Å²) in [5.74, 6) is -0.373. The summed E-state index contributed by atoms with van der Waals surface area (Å²) in [7, 11) is 1.76. The van der Waals surface area contributed by atoms with E-state index in [2.05, 4.69) is 28.1 Å². The fourth-order valence-electron chi connectivity index (χ4n) is 5.74. The van der Waals surface area contributed by atoms with E-state index < -0.39 is 5.41 Å². The SMILES string of the molecule is CCN1C(=O)C(C)(C)C(=O)N(C)c2cc(CCCN(CCn3ccc4sccc4c3=O)Cc3cccnc3C)ccc21. The Kier molecular flexibility index (Phi) is 8.61. The molecule has 1 aliphatic heterocycles. The van der Waals surface area contributed by atoms with Gasteiger partial charge in [-0.25, -0.2) is 0 Å². The van der Waals surface area contributed by atoms with Crippen molar-refractivity contribution in [2.24, 2.45) is 5.41 Å². The summed E-state index contributed by atoms with van der Waals surface area (Å²) >= 11 is 1.59. The van der Waals surface area contributed by atoms with Gasteiger partial charge < -0.3 is 14.4 Å². The second-order valence-electron chi connectivity index (χ2n) is 11.5. The van der Waals surface area contributed by atoms with Crippen molar-refractivity contribution >= 4 is 44.6 Å². The average Bonchev–Trinajstić information content (AvgIpc) is 3.46. The molecule has 9 heteroatoms. The number of thiophene rings is 1. The predicted molar refractivity (Wildman–Crippen MR) is 170 cm³/mol. The van der Waals surface area contributed by atoms with Crippen molar-refractivity contribution in [1.29, 1.82) is 0 Å². The first kappa shape index (κ1) is 29.7. The molecule has 0 atom stereocenters. The van der Waals surface area contributed by atoms with E-state index in [9.17, 15) is 14.4 Å². The van der Waals surface area contributed by atoms with Crippen LogP contribution in [0.4, 0.5) is 11.4 Å². The lowest BCUT2D eigenvalue weighted by molar-refractivity contribution is -0.137. The molecule has 0 bridgehead atoms. The minimum Gasteiger partial charge on any atom is -0.314 e. The zero-order chi connectivity index (χ0) is 30.0. The zero-order valence-corrected chi connectivity index (χ0v) is 25.9. The first-order valence-electron chi connectivity index (χ1n) is 14.5. The molecule has 1 aromatic carbocycles. The number of hydrogen-bond acceptors (Lipinski definition) is 6. The van der Waals surface area contributed by atoms with Crippen molar-refractivity contribution in [1.82, 2.24) is 14.5 Å². The molecule has 0 N–H and O–H groups in total. The number of carbonyl (C=O) groups excluding carboxylic acids is 2. The number of rotatable bonds is 10. The van der Waals surface area contributed by atoms with Crippen LogP contribution in [-0.2, 0) is 29.1 Å². The Labute approximate surface area is 251 Å². The van der Waals surface area contributed by atoms with Crippen LogP contribution >= 0.6 is 11.3 Å². The maximum Gasteiger partial charge on any atom is 0.259 e. The van der Waals surface area contributed by atoms with Gasteiger partial charge in [0.15, 0.2) is 0 Å². The van der Waals surface area contributed by atoms with Gasteiger partial charge in [0, 0.05) is 56.0 Å². The summed E-state index contributed by atoms with van der Waals surface area (Å²) in [6.07, 6.45) is 5.43. The number of fused-ring (bicyclic) bond motifs is 2. The largest absolute Gasteiger partial charge is 0.314 e. The maximum atomic E-state index is 13.2. The zero-order valence-electron chi connectivity index (χ0n) is 25.1. The Morgan fingerprint density at radius 3 is 2.57 bits per heavy atom. The number of aryl methyl sites for hydroxylation is 2. The van der Waals surface area contributed by atoms with Crippen LogP contribution < -0.4 is 15.4 Å². The molecule has 3 aromatic heterocycles. The summed E-state index contributed by atoms with van der Waals surface area (Å²) < 4.78 is 2.82. The lowest BCUT2D eigenvalue weighted by Crippen LogP contribution is -2.47. The number of carbonyl (C=O) groups is 2. The molecule has 0 fully saturated rings. The number of nitrogens with zero attached hydrogens (tertiary/aromatic N) is 5. The van der Waals surface area contributed by atoms with Gasteiger partial charge in [-0.15, -0.1) is 11.3 Å². The van der Waals surface area contributed by atoms with Crippen LogP contribution in [0.5, 0.6) is 0 Å². The van der Waals surface area contributed by atoms with Gasteiger partial charge in [-0.3, -0.25) is 24.3 Å². The molecule has 4 aromatic rings. The van der Waals surface area contributed by atoms with Crippen LogP contribution in [0.1, 0.15) is 44.0 Å². The lowest BCUT2D eigenvalue weighted by Gasteiger charge is -2.27. The van der Waals surface area contributed by atoms with Crippen LogP contribution in [0.2, 0.25) is 0 Å².